The number of hydrogen-bond acceptors (Lipinski definition) is 3. The largest absolute Gasteiger partial charge is 0.324 e. The molecular weight excluding hydrogens is 488 g/mol. The lowest BCUT2D eigenvalue weighted by atomic mass is 9.98. The Bertz CT molecular complexity index is 1220. The molecule has 0 aromatic heterocycles. The van der Waals surface area contributed by atoms with Gasteiger partial charge in [0.2, 0.25) is 5.91 Å². The summed E-state index contributed by atoms with van der Waals surface area (Å²) in [6, 6.07) is 19.4. The first-order chi connectivity index (χ1) is 15.1. The summed E-state index contributed by atoms with van der Waals surface area (Å²) in [6.45, 7) is 7.58. The molecule has 0 saturated carbocycles. The molecule has 0 heterocycles. The van der Waals surface area contributed by atoms with Crippen LogP contribution in [0.4, 0.5) is 11.4 Å². The van der Waals surface area contributed by atoms with E-state index in [4.69, 9.17) is 0 Å². The fourth-order valence-corrected chi connectivity index (χ4v) is 5.24. The van der Waals surface area contributed by atoms with Crippen molar-refractivity contribution in [3.8, 4) is 0 Å². The van der Waals surface area contributed by atoms with E-state index < -0.39 is 15.9 Å². The topological polar surface area (TPSA) is 66.5 Å². The van der Waals surface area contributed by atoms with Crippen molar-refractivity contribution < 1.29 is 13.2 Å². The van der Waals surface area contributed by atoms with Crippen molar-refractivity contribution in [2.75, 3.05) is 16.2 Å². The van der Waals surface area contributed by atoms with Crippen LogP contribution in [0.3, 0.4) is 0 Å². The van der Waals surface area contributed by atoms with Crippen LogP contribution in [0.15, 0.2) is 76.1 Å². The quantitative estimate of drug-likeness (QED) is 0.418. The monoisotopic (exact) mass is 514 g/mol. The highest BCUT2D eigenvalue weighted by Gasteiger charge is 2.28. The van der Waals surface area contributed by atoms with Gasteiger partial charge < -0.3 is 5.32 Å². The molecule has 0 aliphatic heterocycles. The molecule has 1 amide bonds. The molecule has 0 unspecified atom stereocenters. The van der Waals surface area contributed by atoms with Crippen molar-refractivity contribution in [1.29, 1.82) is 0 Å². The fraction of sp³-hybridized carbons (Fsp3) is 0.240. The number of carbonyl (C=O) groups excluding carboxylic acids is 1. The summed E-state index contributed by atoms with van der Waals surface area (Å²) >= 11 is 3.40. The van der Waals surface area contributed by atoms with Crippen molar-refractivity contribution in [3.05, 3.63) is 87.9 Å². The van der Waals surface area contributed by atoms with Crippen LogP contribution in [0, 0.1) is 13.8 Å². The Hall–Kier alpha value is -2.64. The van der Waals surface area contributed by atoms with Crippen molar-refractivity contribution in [2.24, 2.45) is 0 Å². The molecule has 3 rings (SSSR count). The zero-order valence-corrected chi connectivity index (χ0v) is 21.0. The van der Waals surface area contributed by atoms with Gasteiger partial charge in [-0.3, -0.25) is 9.10 Å². The third kappa shape index (κ3) is 5.40. The molecular formula is C25H27BrN2O3S. The minimum Gasteiger partial charge on any atom is -0.324 e. The van der Waals surface area contributed by atoms with E-state index in [1.165, 1.54) is 0 Å². The van der Waals surface area contributed by atoms with Crippen LogP contribution in [0.2, 0.25) is 0 Å². The third-order valence-electron chi connectivity index (χ3n) is 5.18. The predicted octanol–water partition coefficient (Wildman–Crippen LogP) is 6.02. The molecule has 3 aromatic rings. The van der Waals surface area contributed by atoms with Crippen molar-refractivity contribution in [1.82, 2.24) is 0 Å². The van der Waals surface area contributed by atoms with Gasteiger partial charge in [0.25, 0.3) is 10.0 Å². The van der Waals surface area contributed by atoms with Crippen molar-refractivity contribution >= 4 is 43.2 Å². The molecule has 0 aliphatic carbocycles. The Balaban J connectivity index is 1.99. The zero-order valence-electron chi connectivity index (χ0n) is 18.6. The number of nitrogens with zero attached hydrogens (tertiary/aromatic N) is 1. The highest BCUT2D eigenvalue weighted by Crippen LogP contribution is 2.29. The number of carbonyl (C=O) groups is 1. The Kier molecular flexibility index (Phi) is 7.41. The standard InChI is InChI=1S/C25H27BrN2O3S/c1-17(2)23-10-5-7-19(4)25(23)27-24(29)16-28(21-9-6-8-20(26)15-21)32(30,31)22-13-11-18(3)12-14-22/h5-15,17H,16H2,1-4H3,(H,27,29). The van der Waals surface area contributed by atoms with E-state index >= 15 is 0 Å². The summed E-state index contributed by atoms with van der Waals surface area (Å²) in [5.41, 5.74) is 4.03. The zero-order chi connectivity index (χ0) is 23.5. The molecule has 0 bridgehead atoms. The number of nitrogens with one attached hydrogen (secondary N) is 1. The molecule has 0 spiro atoms. The Labute approximate surface area is 198 Å². The Morgan fingerprint density at radius 1 is 1.00 bits per heavy atom. The molecule has 0 atom stereocenters. The number of sulfonamides is 1. The number of rotatable bonds is 7. The van der Waals surface area contributed by atoms with Gasteiger partial charge in [-0.15, -0.1) is 0 Å². The Morgan fingerprint density at radius 3 is 2.28 bits per heavy atom. The SMILES string of the molecule is Cc1ccc(S(=O)(=O)N(CC(=O)Nc2c(C)cccc2C(C)C)c2cccc(Br)c2)cc1. The number of para-hydroxylation sites is 1. The highest BCUT2D eigenvalue weighted by molar-refractivity contribution is 9.10. The summed E-state index contributed by atoms with van der Waals surface area (Å²) in [7, 11) is -3.96. The molecule has 0 aliphatic rings. The van der Waals surface area contributed by atoms with Crippen LogP contribution in [-0.2, 0) is 14.8 Å². The van der Waals surface area contributed by atoms with Gasteiger partial charge in [0.15, 0.2) is 0 Å². The number of amides is 1. The van der Waals surface area contributed by atoms with Gasteiger partial charge in [-0.05, 0) is 61.2 Å². The van der Waals surface area contributed by atoms with E-state index in [0.717, 1.165) is 31.2 Å². The van der Waals surface area contributed by atoms with Crippen molar-refractivity contribution in [3.63, 3.8) is 0 Å². The summed E-state index contributed by atoms with van der Waals surface area (Å²) in [5, 5.41) is 2.95. The van der Waals surface area contributed by atoms with E-state index in [2.05, 4.69) is 35.1 Å². The van der Waals surface area contributed by atoms with Gasteiger partial charge in [0.1, 0.15) is 6.54 Å². The van der Waals surface area contributed by atoms with Gasteiger partial charge in [0.05, 0.1) is 10.6 Å². The average Bonchev–Trinajstić information content (AvgIpc) is 2.73. The minimum atomic E-state index is -3.96. The normalized spacial score (nSPS) is 11.4. The molecule has 0 saturated heterocycles. The minimum absolute atomic E-state index is 0.134. The van der Waals surface area contributed by atoms with Gasteiger partial charge in [0, 0.05) is 10.2 Å². The second-order valence-electron chi connectivity index (χ2n) is 8.05. The van der Waals surface area contributed by atoms with E-state index in [1.807, 2.05) is 38.1 Å². The van der Waals surface area contributed by atoms with Crippen LogP contribution >= 0.6 is 15.9 Å². The maximum Gasteiger partial charge on any atom is 0.264 e. The number of aryl methyl sites for hydroxylation is 2. The maximum absolute atomic E-state index is 13.5. The summed E-state index contributed by atoms with van der Waals surface area (Å²) < 4.78 is 28.9. The van der Waals surface area contributed by atoms with Crippen LogP contribution in [0.25, 0.3) is 0 Å². The van der Waals surface area contributed by atoms with Crippen LogP contribution in [0.5, 0.6) is 0 Å². The van der Waals surface area contributed by atoms with E-state index in [0.29, 0.717) is 5.69 Å². The molecule has 3 aromatic carbocycles. The van der Waals surface area contributed by atoms with Gasteiger partial charge >= 0.3 is 0 Å². The number of hydrogen-bond donors (Lipinski definition) is 1. The second-order valence-corrected chi connectivity index (χ2v) is 10.8. The molecule has 0 radical (unpaired) electrons. The first-order valence-corrected chi connectivity index (χ1v) is 12.6. The maximum atomic E-state index is 13.5. The Morgan fingerprint density at radius 2 is 1.66 bits per heavy atom. The lowest BCUT2D eigenvalue weighted by Gasteiger charge is -2.25. The lowest BCUT2D eigenvalue weighted by molar-refractivity contribution is -0.114. The van der Waals surface area contributed by atoms with E-state index in [1.54, 1.807) is 42.5 Å². The van der Waals surface area contributed by atoms with Crippen LogP contribution < -0.4 is 9.62 Å². The molecule has 7 heteroatoms. The summed E-state index contributed by atoms with van der Waals surface area (Å²) in [4.78, 5) is 13.2. The van der Waals surface area contributed by atoms with E-state index in [9.17, 15) is 13.2 Å². The van der Waals surface area contributed by atoms with Gasteiger partial charge in [-0.25, -0.2) is 8.42 Å². The summed E-state index contributed by atoms with van der Waals surface area (Å²) in [6.07, 6.45) is 0. The molecule has 168 valence electrons. The second kappa shape index (κ2) is 9.88. The summed E-state index contributed by atoms with van der Waals surface area (Å²) in [5.74, 6) is -0.195. The molecule has 32 heavy (non-hydrogen) atoms. The third-order valence-corrected chi connectivity index (χ3v) is 7.47. The van der Waals surface area contributed by atoms with Crippen LogP contribution in [0.1, 0.15) is 36.5 Å². The number of benzene rings is 3. The first-order valence-electron chi connectivity index (χ1n) is 10.3. The van der Waals surface area contributed by atoms with Gasteiger partial charge in [-0.2, -0.15) is 0 Å². The predicted molar refractivity (Wildman–Crippen MR) is 134 cm³/mol. The molecule has 5 nitrogen and oxygen atoms in total. The van der Waals surface area contributed by atoms with Crippen molar-refractivity contribution in [2.45, 2.75) is 38.5 Å². The van der Waals surface area contributed by atoms with Gasteiger partial charge in [-0.1, -0.05) is 71.7 Å². The highest BCUT2D eigenvalue weighted by atomic mass is 79.9. The lowest BCUT2D eigenvalue weighted by Crippen LogP contribution is -2.38. The van der Waals surface area contributed by atoms with E-state index in [-0.39, 0.29) is 17.4 Å². The molecule has 0 fully saturated rings. The molecule has 1 N–H and O–H groups in total. The smallest absolute Gasteiger partial charge is 0.264 e. The number of anilines is 2. The van der Waals surface area contributed by atoms with Crippen LogP contribution in [-0.4, -0.2) is 20.9 Å². The number of halogens is 1. The first kappa shape index (κ1) is 24.0. The average molecular weight is 515 g/mol. The fourth-order valence-electron chi connectivity index (χ4n) is 3.44.